The van der Waals surface area contributed by atoms with Crippen LogP contribution in [-0.4, -0.2) is 66.4 Å². The first kappa shape index (κ1) is 24.7. The Morgan fingerprint density at radius 1 is 1.28 bits per heavy atom. The third kappa shape index (κ3) is 8.26. The maximum absolute atomic E-state index is 12.3. The monoisotopic (exact) mass is 419 g/mol. The van der Waals surface area contributed by atoms with Gasteiger partial charge in [0.15, 0.2) is 0 Å². The van der Waals surface area contributed by atoms with Crippen LogP contribution in [0.25, 0.3) is 0 Å². The van der Waals surface area contributed by atoms with Crippen molar-refractivity contribution in [2.75, 3.05) is 38.3 Å². The zero-order valence-corrected chi connectivity index (χ0v) is 17.1. The summed E-state index contributed by atoms with van der Waals surface area (Å²) in [6.45, 7) is 10.1. The van der Waals surface area contributed by atoms with E-state index < -0.39 is 12.1 Å². The van der Waals surface area contributed by atoms with E-state index in [1.54, 1.807) is 7.11 Å². The molecule has 1 aromatic heterocycles. The normalized spacial score (nSPS) is 14.1. The number of aryl methyl sites for hydroxylation is 1. The second kappa shape index (κ2) is 11.0. The summed E-state index contributed by atoms with van der Waals surface area (Å²) < 4.78 is 36.8. The molecule has 0 fully saturated rings. The Hall–Kier alpha value is -2.36. The second-order valence-corrected chi connectivity index (χ2v) is 7.14. The summed E-state index contributed by atoms with van der Waals surface area (Å²) in [4.78, 5) is 30.2. The minimum Gasteiger partial charge on any atom is -0.475 e. The van der Waals surface area contributed by atoms with E-state index in [4.69, 9.17) is 19.6 Å². The Bertz CT molecular complexity index is 696. The van der Waals surface area contributed by atoms with Gasteiger partial charge < -0.3 is 19.6 Å². The number of carboxylic acid groups (broad SMARTS) is 1. The zero-order valence-electron chi connectivity index (χ0n) is 17.1. The Labute approximate surface area is 168 Å². The summed E-state index contributed by atoms with van der Waals surface area (Å²) >= 11 is 0. The van der Waals surface area contributed by atoms with E-state index in [1.165, 1.54) is 0 Å². The van der Waals surface area contributed by atoms with Gasteiger partial charge >= 0.3 is 12.1 Å². The van der Waals surface area contributed by atoms with E-state index in [0.29, 0.717) is 25.5 Å². The van der Waals surface area contributed by atoms with Gasteiger partial charge in [0.1, 0.15) is 5.82 Å². The number of pyridine rings is 1. The molecule has 0 spiro atoms. The molecule has 0 bridgehead atoms. The van der Waals surface area contributed by atoms with E-state index >= 15 is 0 Å². The van der Waals surface area contributed by atoms with Gasteiger partial charge in [0.25, 0.3) is 0 Å². The van der Waals surface area contributed by atoms with E-state index in [0.717, 1.165) is 36.7 Å². The molecule has 0 aliphatic carbocycles. The number of fused-ring (bicyclic) bond motifs is 1. The number of anilines is 1. The van der Waals surface area contributed by atoms with Gasteiger partial charge in [0, 0.05) is 44.5 Å². The first-order chi connectivity index (χ1) is 13.5. The molecule has 0 atom stereocenters. The molecule has 0 saturated heterocycles. The SMILES string of the molecule is COCCC(=O)N1CCN(CC(C)C)c2nc(C)ccc2C1.O=C(O)C(F)(F)F. The molecule has 0 saturated carbocycles. The number of aromatic nitrogens is 1. The molecule has 1 aliphatic rings. The molecule has 29 heavy (non-hydrogen) atoms. The van der Waals surface area contributed by atoms with Crippen LogP contribution in [0.5, 0.6) is 0 Å². The van der Waals surface area contributed by atoms with Gasteiger partial charge in [-0.15, -0.1) is 0 Å². The van der Waals surface area contributed by atoms with E-state index in [1.807, 2.05) is 17.9 Å². The number of rotatable bonds is 5. The number of nitrogens with zero attached hydrogens (tertiary/aromatic N) is 3. The fraction of sp³-hybridized carbons (Fsp3) is 0.632. The molecule has 1 aromatic rings. The molecule has 10 heteroatoms. The predicted molar refractivity (Wildman–Crippen MR) is 102 cm³/mol. The minimum absolute atomic E-state index is 0.153. The predicted octanol–water partition coefficient (Wildman–Crippen LogP) is 2.86. The lowest BCUT2D eigenvalue weighted by molar-refractivity contribution is -0.192. The molecule has 1 amide bonds. The lowest BCUT2D eigenvalue weighted by atomic mass is 10.1. The number of carbonyl (C=O) groups is 2. The number of methoxy groups -OCH3 is 1. The molecule has 1 aliphatic heterocycles. The van der Waals surface area contributed by atoms with Crippen LogP contribution < -0.4 is 4.90 Å². The summed E-state index contributed by atoms with van der Waals surface area (Å²) in [5, 5.41) is 7.12. The summed E-state index contributed by atoms with van der Waals surface area (Å²) in [7, 11) is 1.63. The number of amides is 1. The highest BCUT2D eigenvalue weighted by molar-refractivity contribution is 5.76. The third-order valence-electron chi connectivity index (χ3n) is 4.10. The van der Waals surface area contributed by atoms with Crippen LogP contribution in [0.15, 0.2) is 12.1 Å². The molecule has 2 heterocycles. The van der Waals surface area contributed by atoms with Crippen LogP contribution in [0.4, 0.5) is 19.0 Å². The van der Waals surface area contributed by atoms with E-state index in [2.05, 4.69) is 24.8 Å². The number of alkyl halides is 3. The van der Waals surface area contributed by atoms with Gasteiger partial charge in [0.2, 0.25) is 5.91 Å². The largest absolute Gasteiger partial charge is 0.490 e. The van der Waals surface area contributed by atoms with Gasteiger partial charge in [-0.25, -0.2) is 9.78 Å². The Balaban J connectivity index is 0.000000516. The maximum atomic E-state index is 12.3. The highest BCUT2D eigenvalue weighted by atomic mass is 19.4. The molecular formula is C19H28F3N3O4. The van der Waals surface area contributed by atoms with Crippen LogP contribution in [0.2, 0.25) is 0 Å². The van der Waals surface area contributed by atoms with Gasteiger partial charge in [-0.05, 0) is 18.9 Å². The Kier molecular flexibility index (Phi) is 9.35. The molecule has 0 unspecified atom stereocenters. The Morgan fingerprint density at radius 2 is 1.90 bits per heavy atom. The van der Waals surface area contributed by atoms with Gasteiger partial charge in [0.05, 0.1) is 13.0 Å². The number of carboxylic acids is 1. The first-order valence-electron chi connectivity index (χ1n) is 9.24. The lowest BCUT2D eigenvalue weighted by Gasteiger charge is -2.25. The number of hydrogen-bond acceptors (Lipinski definition) is 5. The number of halogens is 3. The van der Waals surface area contributed by atoms with Crippen LogP contribution >= 0.6 is 0 Å². The van der Waals surface area contributed by atoms with Crippen molar-refractivity contribution in [3.8, 4) is 0 Å². The van der Waals surface area contributed by atoms with Crippen LogP contribution in [0.3, 0.4) is 0 Å². The average molecular weight is 419 g/mol. The second-order valence-electron chi connectivity index (χ2n) is 7.14. The lowest BCUT2D eigenvalue weighted by Crippen LogP contribution is -2.37. The summed E-state index contributed by atoms with van der Waals surface area (Å²) in [6, 6.07) is 4.13. The molecule has 2 rings (SSSR count). The first-order valence-corrected chi connectivity index (χ1v) is 9.24. The minimum atomic E-state index is -5.08. The highest BCUT2D eigenvalue weighted by Gasteiger charge is 2.38. The van der Waals surface area contributed by atoms with Crippen LogP contribution in [0.1, 0.15) is 31.5 Å². The zero-order chi connectivity index (χ0) is 22.2. The number of hydrogen-bond donors (Lipinski definition) is 1. The highest BCUT2D eigenvalue weighted by Crippen LogP contribution is 2.24. The number of ether oxygens (including phenoxy) is 1. The van der Waals surface area contributed by atoms with Crippen molar-refractivity contribution in [1.82, 2.24) is 9.88 Å². The van der Waals surface area contributed by atoms with Crippen molar-refractivity contribution in [3.63, 3.8) is 0 Å². The third-order valence-corrected chi connectivity index (χ3v) is 4.10. The fourth-order valence-electron chi connectivity index (χ4n) is 2.78. The number of aliphatic carboxylic acids is 1. The maximum Gasteiger partial charge on any atom is 0.490 e. The topological polar surface area (TPSA) is 83.0 Å². The standard InChI is InChI=1S/C17H27N3O2.C2HF3O2/c1-13(2)11-20-9-8-19(16(21)7-10-22-4)12-15-6-5-14(3)18-17(15)20;3-2(4,5)1(6)7/h5-6,13H,7-12H2,1-4H3;(H,6,7). The Morgan fingerprint density at radius 3 is 2.41 bits per heavy atom. The molecule has 1 N–H and O–H groups in total. The van der Waals surface area contributed by atoms with Crippen molar-refractivity contribution in [2.45, 2.75) is 39.9 Å². The fourth-order valence-corrected chi connectivity index (χ4v) is 2.78. The van der Waals surface area contributed by atoms with Crippen molar-refractivity contribution in [3.05, 3.63) is 23.4 Å². The van der Waals surface area contributed by atoms with Crippen molar-refractivity contribution >= 4 is 17.7 Å². The number of carbonyl (C=O) groups excluding carboxylic acids is 1. The van der Waals surface area contributed by atoms with E-state index in [-0.39, 0.29) is 5.91 Å². The summed E-state index contributed by atoms with van der Waals surface area (Å²) in [6.07, 6.45) is -4.64. The summed E-state index contributed by atoms with van der Waals surface area (Å²) in [5.74, 6) is -1.01. The van der Waals surface area contributed by atoms with E-state index in [9.17, 15) is 18.0 Å². The van der Waals surface area contributed by atoms with Crippen LogP contribution in [0, 0.1) is 12.8 Å². The van der Waals surface area contributed by atoms with Gasteiger partial charge in [-0.2, -0.15) is 13.2 Å². The molecular weight excluding hydrogens is 391 g/mol. The molecule has 164 valence electrons. The molecule has 0 aromatic carbocycles. The van der Waals surface area contributed by atoms with Crippen molar-refractivity contribution in [1.29, 1.82) is 0 Å². The quantitative estimate of drug-likeness (QED) is 0.790. The van der Waals surface area contributed by atoms with Crippen molar-refractivity contribution in [2.24, 2.45) is 5.92 Å². The van der Waals surface area contributed by atoms with Crippen molar-refractivity contribution < 1.29 is 32.6 Å². The average Bonchev–Trinajstić information content (AvgIpc) is 2.79. The molecule has 7 nitrogen and oxygen atoms in total. The van der Waals surface area contributed by atoms with Crippen LogP contribution in [-0.2, 0) is 20.9 Å². The molecule has 0 radical (unpaired) electrons. The van der Waals surface area contributed by atoms with Gasteiger partial charge in [-0.1, -0.05) is 19.9 Å². The van der Waals surface area contributed by atoms with Gasteiger partial charge in [-0.3, -0.25) is 4.79 Å². The smallest absolute Gasteiger partial charge is 0.475 e. The summed E-state index contributed by atoms with van der Waals surface area (Å²) in [5.41, 5.74) is 2.15.